The van der Waals surface area contributed by atoms with Gasteiger partial charge < -0.3 is 10.2 Å². The summed E-state index contributed by atoms with van der Waals surface area (Å²) in [6.45, 7) is 5.29. The molecule has 0 aromatic heterocycles. The fraction of sp³-hybridized carbons (Fsp3) is 1.00. The monoisotopic (exact) mass is 268 g/mol. The van der Waals surface area contributed by atoms with E-state index in [1.165, 1.54) is 82.6 Å². The van der Waals surface area contributed by atoms with Crippen LogP contribution >= 0.6 is 11.8 Å². The third-order valence-electron chi connectivity index (χ3n) is 5.10. The van der Waals surface area contributed by atoms with Crippen molar-refractivity contribution in [1.29, 1.82) is 0 Å². The number of hydrogen-bond donors (Lipinski definition) is 1. The van der Waals surface area contributed by atoms with Crippen molar-refractivity contribution in [2.75, 3.05) is 37.7 Å². The molecule has 3 aliphatic rings. The molecule has 1 N–H and O–H groups in total. The largest absolute Gasteiger partial charge is 0.310 e. The van der Waals surface area contributed by atoms with Gasteiger partial charge in [-0.3, -0.25) is 0 Å². The van der Waals surface area contributed by atoms with Gasteiger partial charge in [0.2, 0.25) is 0 Å². The van der Waals surface area contributed by atoms with Gasteiger partial charge in [-0.25, -0.2) is 0 Å². The minimum Gasteiger partial charge on any atom is -0.310 e. The van der Waals surface area contributed by atoms with Crippen LogP contribution in [0.1, 0.15) is 44.9 Å². The zero-order chi connectivity index (χ0) is 12.3. The molecule has 0 bridgehead atoms. The molecule has 104 valence electrons. The molecule has 2 nitrogen and oxygen atoms in total. The highest BCUT2D eigenvalue weighted by Gasteiger charge is 2.36. The van der Waals surface area contributed by atoms with Crippen molar-refractivity contribution in [3.8, 4) is 0 Å². The van der Waals surface area contributed by atoms with Crippen molar-refractivity contribution in [2.24, 2.45) is 5.92 Å². The molecule has 1 aliphatic carbocycles. The Bertz CT molecular complexity index is 257. The Kier molecular flexibility index (Phi) is 4.53. The number of thioether (sulfide) groups is 1. The molecule has 1 spiro atoms. The third kappa shape index (κ3) is 3.23. The average molecular weight is 268 g/mol. The average Bonchev–Trinajstić information content (AvgIpc) is 2.75. The molecule has 0 atom stereocenters. The molecular weight excluding hydrogens is 240 g/mol. The zero-order valence-corrected chi connectivity index (χ0v) is 12.4. The van der Waals surface area contributed by atoms with E-state index < -0.39 is 0 Å². The first-order valence-electron chi connectivity index (χ1n) is 7.91. The van der Waals surface area contributed by atoms with Gasteiger partial charge in [-0.2, -0.15) is 11.8 Å². The van der Waals surface area contributed by atoms with E-state index in [-0.39, 0.29) is 0 Å². The Balaban J connectivity index is 1.56. The lowest BCUT2D eigenvalue weighted by Gasteiger charge is -2.35. The van der Waals surface area contributed by atoms with Crippen LogP contribution in [0.3, 0.4) is 0 Å². The van der Waals surface area contributed by atoms with Crippen LogP contribution in [-0.4, -0.2) is 48.1 Å². The van der Waals surface area contributed by atoms with Gasteiger partial charge in [-0.1, -0.05) is 12.8 Å². The van der Waals surface area contributed by atoms with Crippen molar-refractivity contribution in [3.05, 3.63) is 0 Å². The molecule has 0 amide bonds. The first-order chi connectivity index (χ1) is 8.86. The standard InChI is InChI=1S/C15H28N2S/c1-2-7-15(6-1)13-17(9-3-8-16-15)12-14-4-10-18-11-5-14/h14,16H,1-13H2. The van der Waals surface area contributed by atoms with E-state index in [1.807, 2.05) is 0 Å². The number of rotatable bonds is 2. The fourth-order valence-corrected chi connectivity index (χ4v) is 5.26. The van der Waals surface area contributed by atoms with Gasteiger partial charge in [0.05, 0.1) is 0 Å². The second-order valence-corrected chi connectivity index (χ2v) is 7.78. The van der Waals surface area contributed by atoms with Crippen molar-refractivity contribution >= 4 is 11.8 Å². The predicted molar refractivity (Wildman–Crippen MR) is 80.3 cm³/mol. The maximum Gasteiger partial charge on any atom is 0.0308 e. The first kappa shape index (κ1) is 13.3. The van der Waals surface area contributed by atoms with Crippen LogP contribution in [0, 0.1) is 5.92 Å². The van der Waals surface area contributed by atoms with Crippen LogP contribution in [0.5, 0.6) is 0 Å². The molecule has 2 aliphatic heterocycles. The molecule has 3 rings (SSSR count). The maximum atomic E-state index is 3.88. The van der Waals surface area contributed by atoms with Gasteiger partial charge in [0.15, 0.2) is 0 Å². The Hall–Kier alpha value is 0.270. The van der Waals surface area contributed by atoms with Crippen LogP contribution in [0.2, 0.25) is 0 Å². The molecule has 0 radical (unpaired) electrons. The van der Waals surface area contributed by atoms with Gasteiger partial charge in [0.1, 0.15) is 0 Å². The second kappa shape index (κ2) is 6.15. The van der Waals surface area contributed by atoms with Gasteiger partial charge in [-0.05, 0) is 62.6 Å². The van der Waals surface area contributed by atoms with E-state index in [9.17, 15) is 0 Å². The molecule has 0 aromatic carbocycles. The van der Waals surface area contributed by atoms with Crippen molar-refractivity contribution in [3.63, 3.8) is 0 Å². The molecule has 1 saturated carbocycles. The normalized spacial score (nSPS) is 30.7. The molecule has 3 fully saturated rings. The summed E-state index contributed by atoms with van der Waals surface area (Å²) in [7, 11) is 0. The summed E-state index contributed by atoms with van der Waals surface area (Å²) in [5.74, 6) is 3.80. The van der Waals surface area contributed by atoms with Crippen LogP contribution in [-0.2, 0) is 0 Å². The van der Waals surface area contributed by atoms with E-state index in [0.29, 0.717) is 5.54 Å². The highest BCUT2D eigenvalue weighted by molar-refractivity contribution is 7.99. The Morgan fingerprint density at radius 1 is 1.11 bits per heavy atom. The summed E-state index contributed by atoms with van der Waals surface area (Å²) in [6.07, 6.45) is 10.0. The zero-order valence-electron chi connectivity index (χ0n) is 11.6. The molecule has 2 saturated heterocycles. The Morgan fingerprint density at radius 2 is 1.89 bits per heavy atom. The summed E-state index contributed by atoms with van der Waals surface area (Å²) in [5.41, 5.74) is 0.500. The summed E-state index contributed by atoms with van der Waals surface area (Å²) in [4.78, 5) is 2.80. The van der Waals surface area contributed by atoms with Gasteiger partial charge in [-0.15, -0.1) is 0 Å². The Morgan fingerprint density at radius 3 is 2.67 bits per heavy atom. The lowest BCUT2D eigenvalue weighted by atomic mass is 9.96. The molecule has 0 aromatic rings. The summed E-state index contributed by atoms with van der Waals surface area (Å²) in [6, 6.07) is 0. The topological polar surface area (TPSA) is 15.3 Å². The third-order valence-corrected chi connectivity index (χ3v) is 6.14. The fourth-order valence-electron chi connectivity index (χ4n) is 4.06. The van der Waals surface area contributed by atoms with Crippen molar-refractivity contribution in [2.45, 2.75) is 50.5 Å². The van der Waals surface area contributed by atoms with Gasteiger partial charge >= 0.3 is 0 Å². The van der Waals surface area contributed by atoms with E-state index in [1.54, 1.807) is 0 Å². The van der Waals surface area contributed by atoms with E-state index >= 15 is 0 Å². The molecular formula is C15H28N2S. The summed E-state index contributed by atoms with van der Waals surface area (Å²) >= 11 is 2.15. The van der Waals surface area contributed by atoms with E-state index in [2.05, 4.69) is 22.0 Å². The van der Waals surface area contributed by atoms with Crippen molar-refractivity contribution < 1.29 is 0 Å². The second-order valence-electron chi connectivity index (χ2n) is 6.56. The minimum atomic E-state index is 0.500. The number of nitrogens with zero attached hydrogens (tertiary/aromatic N) is 1. The highest BCUT2D eigenvalue weighted by Crippen LogP contribution is 2.32. The quantitative estimate of drug-likeness (QED) is 0.829. The highest BCUT2D eigenvalue weighted by atomic mass is 32.2. The van der Waals surface area contributed by atoms with Gasteiger partial charge in [0, 0.05) is 18.6 Å². The maximum absolute atomic E-state index is 3.88. The van der Waals surface area contributed by atoms with Crippen LogP contribution in [0.4, 0.5) is 0 Å². The molecule has 3 heteroatoms. The molecule has 18 heavy (non-hydrogen) atoms. The van der Waals surface area contributed by atoms with Gasteiger partial charge in [0.25, 0.3) is 0 Å². The van der Waals surface area contributed by atoms with Crippen LogP contribution in [0.25, 0.3) is 0 Å². The number of hydrogen-bond acceptors (Lipinski definition) is 3. The lowest BCUT2D eigenvalue weighted by molar-refractivity contribution is 0.180. The molecule has 0 unspecified atom stereocenters. The minimum absolute atomic E-state index is 0.500. The molecule has 2 heterocycles. The van der Waals surface area contributed by atoms with E-state index in [0.717, 1.165) is 5.92 Å². The smallest absolute Gasteiger partial charge is 0.0308 e. The predicted octanol–water partition coefficient (Wildman–Crippen LogP) is 2.74. The summed E-state index contributed by atoms with van der Waals surface area (Å²) < 4.78 is 0. The first-order valence-corrected chi connectivity index (χ1v) is 9.07. The number of nitrogens with one attached hydrogen (secondary N) is 1. The lowest BCUT2D eigenvalue weighted by Crippen LogP contribution is -2.50. The van der Waals surface area contributed by atoms with Crippen molar-refractivity contribution in [1.82, 2.24) is 10.2 Å². The Labute approximate surface area is 116 Å². The SMILES string of the molecule is C1CNC2(CCCC2)CN(CC2CCSCC2)C1. The van der Waals surface area contributed by atoms with Crippen LogP contribution in [0.15, 0.2) is 0 Å². The van der Waals surface area contributed by atoms with Crippen LogP contribution < -0.4 is 5.32 Å². The van der Waals surface area contributed by atoms with E-state index in [4.69, 9.17) is 0 Å². The summed E-state index contributed by atoms with van der Waals surface area (Å²) in [5, 5.41) is 3.88.